The molecule has 0 amide bonds. The summed E-state index contributed by atoms with van der Waals surface area (Å²) in [5.74, 6) is 0.677. The molecule has 1 N–H and O–H groups in total. The Kier molecular flexibility index (Phi) is 5.65. The fourth-order valence-corrected chi connectivity index (χ4v) is 2.66. The number of halogens is 2. The van der Waals surface area contributed by atoms with Gasteiger partial charge in [0.1, 0.15) is 5.82 Å². The lowest BCUT2D eigenvalue weighted by Crippen LogP contribution is -2.39. The maximum Gasteiger partial charge on any atom is 0.193 e. The molecular formula is C15H21ClFN3. The first-order valence-corrected chi connectivity index (χ1v) is 7.56. The Morgan fingerprint density at radius 2 is 2.15 bits per heavy atom. The summed E-state index contributed by atoms with van der Waals surface area (Å²) < 4.78 is 13.7. The molecule has 1 aromatic rings. The lowest BCUT2D eigenvalue weighted by atomic mass is 10.1. The lowest BCUT2D eigenvalue weighted by molar-refractivity contribution is 0.493. The summed E-state index contributed by atoms with van der Waals surface area (Å²) in [6, 6.07) is 4.78. The normalized spacial score (nSPS) is 15.8. The molecule has 0 aliphatic carbocycles. The first kappa shape index (κ1) is 15.1. The first-order chi connectivity index (χ1) is 9.72. The Hall–Kier alpha value is -1.29. The van der Waals surface area contributed by atoms with Crippen LogP contribution in [0, 0.1) is 5.82 Å². The molecule has 1 aliphatic rings. The number of guanidine groups is 1. The van der Waals surface area contributed by atoms with Crippen molar-refractivity contribution < 1.29 is 4.39 Å². The van der Waals surface area contributed by atoms with Crippen LogP contribution in [0.2, 0.25) is 5.02 Å². The van der Waals surface area contributed by atoms with Gasteiger partial charge in [0.25, 0.3) is 0 Å². The van der Waals surface area contributed by atoms with Crippen molar-refractivity contribution in [3.63, 3.8) is 0 Å². The van der Waals surface area contributed by atoms with Gasteiger partial charge in [-0.25, -0.2) is 4.39 Å². The minimum Gasteiger partial charge on any atom is -0.357 e. The highest BCUT2D eigenvalue weighted by atomic mass is 35.5. The first-order valence-electron chi connectivity index (χ1n) is 7.18. The molecule has 0 bridgehead atoms. The van der Waals surface area contributed by atoms with Crippen LogP contribution in [-0.4, -0.2) is 37.0 Å². The van der Waals surface area contributed by atoms with Crippen molar-refractivity contribution in [1.82, 2.24) is 10.2 Å². The van der Waals surface area contributed by atoms with E-state index >= 15 is 0 Å². The van der Waals surface area contributed by atoms with Gasteiger partial charge in [-0.1, -0.05) is 17.7 Å². The van der Waals surface area contributed by atoms with Crippen LogP contribution in [0.1, 0.15) is 25.3 Å². The van der Waals surface area contributed by atoms with Gasteiger partial charge >= 0.3 is 0 Å². The smallest absolute Gasteiger partial charge is 0.193 e. The van der Waals surface area contributed by atoms with Gasteiger partial charge < -0.3 is 10.2 Å². The van der Waals surface area contributed by atoms with E-state index in [-0.39, 0.29) is 5.82 Å². The molecule has 1 heterocycles. The van der Waals surface area contributed by atoms with Crippen LogP contribution in [0.5, 0.6) is 0 Å². The molecule has 2 rings (SSSR count). The number of nitrogens with one attached hydrogen (secondary N) is 1. The number of aliphatic imine (C=N–C) groups is 1. The van der Waals surface area contributed by atoms with Crippen LogP contribution in [0.25, 0.3) is 0 Å². The summed E-state index contributed by atoms with van der Waals surface area (Å²) in [5.41, 5.74) is 0.551. The van der Waals surface area contributed by atoms with Crippen LogP contribution in [-0.2, 0) is 6.42 Å². The molecule has 3 nitrogen and oxygen atoms in total. The van der Waals surface area contributed by atoms with Crippen LogP contribution >= 0.6 is 11.6 Å². The molecule has 1 aliphatic heterocycles. The van der Waals surface area contributed by atoms with Crippen molar-refractivity contribution in [2.45, 2.75) is 26.2 Å². The molecule has 110 valence electrons. The van der Waals surface area contributed by atoms with E-state index in [0.29, 0.717) is 23.6 Å². The molecule has 1 fully saturated rings. The molecule has 0 spiro atoms. The minimum atomic E-state index is -0.251. The van der Waals surface area contributed by atoms with E-state index in [1.165, 1.54) is 18.9 Å². The number of rotatable bonds is 4. The van der Waals surface area contributed by atoms with E-state index in [9.17, 15) is 4.39 Å². The SMILES string of the molecule is CCNC(=NCCc1c(F)cccc1Cl)N1CCCC1. The van der Waals surface area contributed by atoms with Gasteiger partial charge in [0, 0.05) is 36.8 Å². The summed E-state index contributed by atoms with van der Waals surface area (Å²) >= 11 is 6.02. The second kappa shape index (κ2) is 7.48. The highest BCUT2D eigenvalue weighted by molar-refractivity contribution is 6.31. The van der Waals surface area contributed by atoms with Gasteiger partial charge in [0.2, 0.25) is 0 Å². The van der Waals surface area contributed by atoms with Crippen molar-refractivity contribution in [2.24, 2.45) is 4.99 Å². The Balaban J connectivity index is 1.99. The lowest BCUT2D eigenvalue weighted by Gasteiger charge is -2.20. The molecule has 0 unspecified atom stereocenters. The number of nitrogens with zero attached hydrogens (tertiary/aromatic N) is 2. The molecule has 1 saturated heterocycles. The Bertz CT molecular complexity index is 450. The standard InChI is InChI=1S/C15H21ClFN3/c1-2-18-15(20-10-3-4-11-20)19-9-8-12-13(16)6-5-7-14(12)17/h5-7H,2-4,8-11H2,1H3,(H,18,19). The summed E-state index contributed by atoms with van der Waals surface area (Å²) in [5, 5.41) is 3.77. The average Bonchev–Trinajstić information content (AvgIpc) is 2.95. The van der Waals surface area contributed by atoms with E-state index in [0.717, 1.165) is 25.6 Å². The third-order valence-corrected chi connectivity index (χ3v) is 3.78. The highest BCUT2D eigenvalue weighted by Crippen LogP contribution is 2.19. The highest BCUT2D eigenvalue weighted by Gasteiger charge is 2.15. The molecule has 5 heteroatoms. The number of benzene rings is 1. The maximum absolute atomic E-state index is 13.7. The Labute approximate surface area is 124 Å². The van der Waals surface area contributed by atoms with Gasteiger partial charge in [-0.05, 0) is 38.3 Å². The average molecular weight is 298 g/mol. The summed E-state index contributed by atoms with van der Waals surface area (Å²) in [6.07, 6.45) is 2.95. The third kappa shape index (κ3) is 3.85. The summed E-state index contributed by atoms with van der Waals surface area (Å²) in [6.45, 7) is 5.53. The van der Waals surface area contributed by atoms with Gasteiger partial charge in [-0.3, -0.25) is 4.99 Å². The second-order valence-corrected chi connectivity index (χ2v) is 5.29. The van der Waals surface area contributed by atoms with Crippen molar-refractivity contribution in [3.05, 3.63) is 34.6 Å². The number of hydrogen-bond acceptors (Lipinski definition) is 1. The van der Waals surface area contributed by atoms with Crippen molar-refractivity contribution in [1.29, 1.82) is 0 Å². The number of hydrogen-bond donors (Lipinski definition) is 1. The van der Waals surface area contributed by atoms with Crippen LogP contribution in [0.4, 0.5) is 4.39 Å². The van der Waals surface area contributed by atoms with Gasteiger partial charge in [-0.15, -0.1) is 0 Å². The van der Waals surface area contributed by atoms with Crippen LogP contribution in [0.3, 0.4) is 0 Å². The van der Waals surface area contributed by atoms with Gasteiger partial charge in [0.15, 0.2) is 5.96 Å². The molecule has 0 atom stereocenters. The summed E-state index contributed by atoms with van der Waals surface area (Å²) in [7, 11) is 0. The molecular weight excluding hydrogens is 277 g/mol. The quantitative estimate of drug-likeness (QED) is 0.683. The van der Waals surface area contributed by atoms with Crippen molar-refractivity contribution >= 4 is 17.6 Å². The van der Waals surface area contributed by atoms with Crippen molar-refractivity contribution in [3.8, 4) is 0 Å². The fourth-order valence-electron chi connectivity index (χ4n) is 2.40. The predicted molar refractivity (Wildman–Crippen MR) is 81.9 cm³/mol. The molecule has 1 aromatic carbocycles. The van der Waals surface area contributed by atoms with Gasteiger partial charge in [-0.2, -0.15) is 0 Å². The summed E-state index contributed by atoms with van der Waals surface area (Å²) in [4.78, 5) is 6.84. The van der Waals surface area contributed by atoms with Crippen LogP contribution < -0.4 is 5.32 Å². The van der Waals surface area contributed by atoms with E-state index in [4.69, 9.17) is 11.6 Å². The zero-order valence-corrected chi connectivity index (χ0v) is 12.6. The zero-order chi connectivity index (χ0) is 14.4. The fraction of sp³-hybridized carbons (Fsp3) is 0.533. The largest absolute Gasteiger partial charge is 0.357 e. The van der Waals surface area contributed by atoms with E-state index in [1.54, 1.807) is 12.1 Å². The number of likely N-dealkylation sites (tertiary alicyclic amines) is 1. The molecule has 0 saturated carbocycles. The maximum atomic E-state index is 13.7. The Morgan fingerprint density at radius 3 is 2.80 bits per heavy atom. The molecule has 0 radical (unpaired) electrons. The second-order valence-electron chi connectivity index (χ2n) is 4.88. The Morgan fingerprint density at radius 1 is 1.40 bits per heavy atom. The predicted octanol–water partition coefficient (Wildman–Crippen LogP) is 3.08. The van der Waals surface area contributed by atoms with E-state index in [2.05, 4.69) is 22.1 Å². The molecule has 20 heavy (non-hydrogen) atoms. The van der Waals surface area contributed by atoms with Gasteiger partial charge in [0.05, 0.1) is 0 Å². The van der Waals surface area contributed by atoms with E-state index < -0.39 is 0 Å². The molecule has 0 aromatic heterocycles. The zero-order valence-electron chi connectivity index (χ0n) is 11.8. The minimum absolute atomic E-state index is 0.251. The van der Waals surface area contributed by atoms with Crippen LogP contribution in [0.15, 0.2) is 23.2 Å². The van der Waals surface area contributed by atoms with E-state index in [1.807, 2.05) is 0 Å². The van der Waals surface area contributed by atoms with Crippen molar-refractivity contribution in [2.75, 3.05) is 26.2 Å². The monoisotopic (exact) mass is 297 g/mol. The topological polar surface area (TPSA) is 27.6 Å². The third-order valence-electron chi connectivity index (χ3n) is 3.43.